The predicted octanol–water partition coefficient (Wildman–Crippen LogP) is 4.69. The number of aromatic nitrogens is 1. The van der Waals surface area contributed by atoms with Crippen LogP contribution in [-0.4, -0.2) is 4.98 Å². The molecule has 0 fully saturated rings. The molecule has 0 bridgehead atoms. The van der Waals surface area contributed by atoms with Gasteiger partial charge in [0.15, 0.2) is 0 Å². The van der Waals surface area contributed by atoms with E-state index in [0.717, 1.165) is 22.5 Å². The molecule has 3 heteroatoms. The number of anilines is 2. The second-order valence-corrected chi connectivity index (χ2v) is 5.31. The summed E-state index contributed by atoms with van der Waals surface area (Å²) < 4.78 is 0. The van der Waals surface area contributed by atoms with E-state index in [0.29, 0.717) is 0 Å². The SMILES string of the molecule is Nc1ccc(-c2ccc(N)cc2)cc1.c1ccc2[nH]ccc2c1. The number of para-hydroxylation sites is 1. The number of rotatable bonds is 1. The van der Waals surface area contributed by atoms with Gasteiger partial charge in [-0.05, 0) is 52.9 Å². The highest BCUT2D eigenvalue weighted by Crippen LogP contribution is 2.21. The van der Waals surface area contributed by atoms with Gasteiger partial charge in [-0.25, -0.2) is 0 Å². The van der Waals surface area contributed by atoms with Crippen LogP contribution in [0.4, 0.5) is 11.4 Å². The topological polar surface area (TPSA) is 67.8 Å². The molecule has 0 spiro atoms. The van der Waals surface area contributed by atoms with Crippen molar-refractivity contribution in [1.29, 1.82) is 0 Å². The minimum Gasteiger partial charge on any atom is -0.399 e. The van der Waals surface area contributed by atoms with Crippen molar-refractivity contribution in [3.63, 3.8) is 0 Å². The second kappa shape index (κ2) is 6.71. The zero-order valence-corrected chi connectivity index (χ0v) is 12.7. The average molecular weight is 301 g/mol. The van der Waals surface area contributed by atoms with Crippen molar-refractivity contribution in [2.45, 2.75) is 0 Å². The number of nitrogens with two attached hydrogens (primary N) is 2. The molecule has 0 aliphatic carbocycles. The van der Waals surface area contributed by atoms with E-state index in [-0.39, 0.29) is 0 Å². The standard InChI is InChI=1S/C12H12N2.C8H7N/c13-11-5-1-9(2-6-11)10-3-7-12(14)8-4-10;1-2-4-8-7(3-1)5-6-9-8/h1-8H,13-14H2;1-6,9H. The van der Waals surface area contributed by atoms with E-state index in [9.17, 15) is 0 Å². The van der Waals surface area contributed by atoms with E-state index in [4.69, 9.17) is 11.5 Å². The Kier molecular flexibility index (Phi) is 4.29. The molecule has 0 aliphatic heterocycles. The van der Waals surface area contributed by atoms with Gasteiger partial charge in [0.25, 0.3) is 0 Å². The first-order valence-electron chi connectivity index (χ1n) is 7.46. The number of hydrogen-bond donors (Lipinski definition) is 3. The molecule has 0 atom stereocenters. The molecule has 0 saturated carbocycles. The highest BCUT2D eigenvalue weighted by Gasteiger charge is 1.95. The van der Waals surface area contributed by atoms with Crippen LogP contribution >= 0.6 is 0 Å². The van der Waals surface area contributed by atoms with Crippen molar-refractivity contribution in [1.82, 2.24) is 4.98 Å². The van der Waals surface area contributed by atoms with Crippen molar-refractivity contribution in [2.24, 2.45) is 0 Å². The van der Waals surface area contributed by atoms with Crippen LogP contribution in [0.15, 0.2) is 85.1 Å². The summed E-state index contributed by atoms with van der Waals surface area (Å²) in [4.78, 5) is 3.12. The van der Waals surface area contributed by atoms with Gasteiger partial charge >= 0.3 is 0 Å². The third-order valence-electron chi connectivity index (χ3n) is 3.62. The molecule has 0 unspecified atom stereocenters. The first kappa shape index (κ1) is 14.7. The smallest absolute Gasteiger partial charge is 0.0453 e. The Labute approximate surface area is 135 Å². The third-order valence-corrected chi connectivity index (χ3v) is 3.62. The summed E-state index contributed by atoms with van der Waals surface area (Å²) in [6.45, 7) is 0. The van der Waals surface area contributed by atoms with Crippen molar-refractivity contribution < 1.29 is 0 Å². The molecule has 4 aromatic rings. The molecule has 0 radical (unpaired) electrons. The Balaban J connectivity index is 0.000000149. The molecule has 5 N–H and O–H groups in total. The fourth-order valence-electron chi connectivity index (χ4n) is 2.35. The number of benzene rings is 3. The largest absolute Gasteiger partial charge is 0.399 e. The number of H-pyrrole nitrogens is 1. The lowest BCUT2D eigenvalue weighted by Crippen LogP contribution is -1.85. The minimum atomic E-state index is 0.782. The van der Waals surface area contributed by atoms with Crippen LogP contribution in [0.5, 0.6) is 0 Å². The summed E-state index contributed by atoms with van der Waals surface area (Å²) in [6.07, 6.45) is 1.95. The maximum absolute atomic E-state index is 5.61. The molecule has 0 aliphatic rings. The number of nitrogen functional groups attached to an aromatic ring is 2. The summed E-state index contributed by atoms with van der Waals surface area (Å²) in [6, 6.07) is 25.9. The minimum absolute atomic E-state index is 0.782. The Bertz CT molecular complexity index is 801. The fraction of sp³-hybridized carbons (Fsp3) is 0. The van der Waals surface area contributed by atoms with Crippen LogP contribution in [0.1, 0.15) is 0 Å². The van der Waals surface area contributed by atoms with Gasteiger partial charge in [0.05, 0.1) is 0 Å². The molecule has 4 rings (SSSR count). The van der Waals surface area contributed by atoms with E-state index in [1.165, 1.54) is 10.9 Å². The third kappa shape index (κ3) is 3.71. The van der Waals surface area contributed by atoms with Crippen LogP contribution in [-0.2, 0) is 0 Å². The lowest BCUT2D eigenvalue weighted by molar-refractivity contribution is 1.48. The van der Waals surface area contributed by atoms with E-state index >= 15 is 0 Å². The van der Waals surface area contributed by atoms with E-state index < -0.39 is 0 Å². The van der Waals surface area contributed by atoms with E-state index in [2.05, 4.69) is 23.2 Å². The normalized spacial score (nSPS) is 10.1. The van der Waals surface area contributed by atoms with Gasteiger partial charge in [-0.3, -0.25) is 0 Å². The lowest BCUT2D eigenvalue weighted by atomic mass is 10.1. The molecule has 3 aromatic carbocycles. The molecular formula is C20H19N3. The predicted molar refractivity (Wildman–Crippen MR) is 99.0 cm³/mol. The molecule has 0 amide bonds. The Morgan fingerprint density at radius 3 is 1.61 bits per heavy atom. The summed E-state index contributed by atoms with van der Waals surface area (Å²) in [5.74, 6) is 0. The second-order valence-electron chi connectivity index (χ2n) is 5.31. The zero-order valence-electron chi connectivity index (χ0n) is 12.7. The van der Waals surface area contributed by atoms with Crippen LogP contribution in [0.25, 0.3) is 22.0 Å². The summed E-state index contributed by atoms with van der Waals surface area (Å²) >= 11 is 0. The van der Waals surface area contributed by atoms with Crippen molar-refractivity contribution >= 4 is 22.3 Å². The average Bonchev–Trinajstić information content (AvgIpc) is 3.06. The van der Waals surface area contributed by atoms with Gasteiger partial charge in [-0.1, -0.05) is 42.5 Å². The summed E-state index contributed by atoms with van der Waals surface area (Å²) in [5, 5.41) is 1.28. The van der Waals surface area contributed by atoms with Crippen molar-refractivity contribution in [2.75, 3.05) is 11.5 Å². The van der Waals surface area contributed by atoms with Crippen LogP contribution in [0.3, 0.4) is 0 Å². The molecular weight excluding hydrogens is 282 g/mol. The van der Waals surface area contributed by atoms with E-state index in [1.807, 2.05) is 66.9 Å². The molecule has 1 aromatic heterocycles. The number of fused-ring (bicyclic) bond motifs is 1. The van der Waals surface area contributed by atoms with Crippen LogP contribution < -0.4 is 11.5 Å². The maximum atomic E-state index is 5.61. The summed E-state index contributed by atoms with van der Waals surface area (Å²) in [7, 11) is 0. The zero-order chi connectivity index (χ0) is 16.1. The number of hydrogen-bond acceptors (Lipinski definition) is 2. The maximum Gasteiger partial charge on any atom is 0.0453 e. The Morgan fingerprint density at radius 1 is 0.565 bits per heavy atom. The van der Waals surface area contributed by atoms with Gasteiger partial charge < -0.3 is 16.5 Å². The molecule has 0 saturated heterocycles. The number of nitrogens with one attached hydrogen (secondary N) is 1. The molecule has 114 valence electrons. The first-order valence-corrected chi connectivity index (χ1v) is 7.46. The van der Waals surface area contributed by atoms with Gasteiger partial charge in [0.1, 0.15) is 0 Å². The van der Waals surface area contributed by atoms with E-state index in [1.54, 1.807) is 0 Å². The fourth-order valence-corrected chi connectivity index (χ4v) is 2.35. The monoisotopic (exact) mass is 301 g/mol. The Hall–Kier alpha value is -3.20. The Morgan fingerprint density at radius 2 is 1.09 bits per heavy atom. The van der Waals surface area contributed by atoms with Gasteiger partial charge in [0.2, 0.25) is 0 Å². The van der Waals surface area contributed by atoms with Crippen molar-refractivity contribution in [3.05, 3.63) is 85.1 Å². The molecule has 3 nitrogen and oxygen atoms in total. The summed E-state index contributed by atoms with van der Waals surface area (Å²) in [5.41, 5.74) is 16.3. The molecule has 1 heterocycles. The van der Waals surface area contributed by atoms with Gasteiger partial charge in [0, 0.05) is 23.1 Å². The van der Waals surface area contributed by atoms with Crippen LogP contribution in [0, 0.1) is 0 Å². The molecule has 23 heavy (non-hydrogen) atoms. The van der Waals surface area contributed by atoms with Crippen LogP contribution in [0.2, 0.25) is 0 Å². The van der Waals surface area contributed by atoms with Gasteiger partial charge in [-0.2, -0.15) is 0 Å². The first-order chi connectivity index (χ1) is 11.2. The van der Waals surface area contributed by atoms with Gasteiger partial charge in [-0.15, -0.1) is 0 Å². The number of aromatic amines is 1. The quantitative estimate of drug-likeness (QED) is 0.447. The lowest BCUT2D eigenvalue weighted by Gasteiger charge is -2.02. The highest BCUT2D eigenvalue weighted by atomic mass is 14.7. The highest BCUT2D eigenvalue weighted by molar-refractivity contribution is 5.78. The van der Waals surface area contributed by atoms with Crippen molar-refractivity contribution in [3.8, 4) is 11.1 Å².